The van der Waals surface area contributed by atoms with E-state index < -0.39 is 0 Å². The Hall–Kier alpha value is -2.08. The first kappa shape index (κ1) is 24.6. The number of methoxy groups -OCH3 is 2. The van der Waals surface area contributed by atoms with E-state index in [4.69, 9.17) is 18.9 Å². The predicted octanol–water partition coefficient (Wildman–Crippen LogP) is 5.18. The Bertz CT molecular complexity index is 809. The Morgan fingerprint density at radius 3 is 2.59 bits per heavy atom. The van der Waals surface area contributed by atoms with Crippen LogP contribution in [-0.4, -0.2) is 40.6 Å². The Morgan fingerprint density at radius 2 is 1.88 bits per heavy atom. The van der Waals surface area contributed by atoms with E-state index in [2.05, 4.69) is 61.6 Å². The molecule has 0 aromatic heterocycles. The van der Waals surface area contributed by atoms with E-state index in [9.17, 15) is 0 Å². The SMILES string of the molecule is COCCCOc1cc2c(cc1COC)C(CNCc1ccccc1)C[C@H](C(C)C)CO2. The molecule has 0 saturated heterocycles. The van der Waals surface area contributed by atoms with Crippen molar-refractivity contribution >= 4 is 0 Å². The number of hydrogen-bond donors (Lipinski definition) is 1. The lowest BCUT2D eigenvalue weighted by Crippen LogP contribution is -2.24. The summed E-state index contributed by atoms with van der Waals surface area (Å²) in [6.07, 6.45) is 1.95. The lowest BCUT2D eigenvalue weighted by atomic mass is 9.83. The molecule has 0 amide bonds. The molecule has 0 saturated carbocycles. The molecule has 5 heteroatoms. The zero-order valence-electron chi connectivity index (χ0n) is 20.1. The summed E-state index contributed by atoms with van der Waals surface area (Å²) in [7, 11) is 3.44. The minimum absolute atomic E-state index is 0.377. The van der Waals surface area contributed by atoms with E-state index in [-0.39, 0.29) is 0 Å². The summed E-state index contributed by atoms with van der Waals surface area (Å²) < 4.78 is 23.1. The van der Waals surface area contributed by atoms with Crippen LogP contribution in [0, 0.1) is 11.8 Å². The average molecular weight is 442 g/mol. The topological polar surface area (TPSA) is 49.0 Å². The fraction of sp³-hybridized carbons (Fsp3) is 0.556. The molecular weight excluding hydrogens is 402 g/mol. The van der Waals surface area contributed by atoms with Crippen LogP contribution >= 0.6 is 0 Å². The van der Waals surface area contributed by atoms with Crippen LogP contribution in [0.15, 0.2) is 42.5 Å². The van der Waals surface area contributed by atoms with Crippen molar-refractivity contribution in [1.29, 1.82) is 0 Å². The molecule has 0 spiro atoms. The van der Waals surface area contributed by atoms with Crippen LogP contribution in [0.25, 0.3) is 0 Å². The predicted molar refractivity (Wildman–Crippen MR) is 128 cm³/mol. The first-order valence-corrected chi connectivity index (χ1v) is 11.8. The summed E-state index contributed by atoms with van der Waals surface area (Å²) >= 11 is 0. The summed E-state index contributed by atoms with van der Waals surface area (Å²) in [5.41, 5.74) is 3.63. The molecule has 2 aromatic rings. The molecular formula is C27H39NO4. The van der Waals surface area contributed by atoms with Crippen molar-refractivity contribution in [1.82, 2.24) is 5.32 Å². The molecule has 1 unspecified atom stereocenters. The Labute approximate surface area is 193 Å². The molecule has 0 aliphatic carbocycles. The summed E-state index contributed by atoms with van der Waals surface area (Å²) in [5, 5.41) is 3.68. The largest absolute Gasteiger partial charge is 0.493 e. The van der Waals surface area contributed by atoms with Crippen LogP contribution in [0.5, 0.6) is 11.5 Å². The van der Waals surface area contributed by atoms with Gasteiger partial charge in [-0.05, 0) is 35.4 Å². The van der Waals surface area contributed by atoms with Gasteiger partial charge < -0.3 is 24.3 Å². The zero-order valence-corrected chi connectivity index (χ0v) is 20.1. The van der Waals surface area contributed by atoms with Gasteiger partial charge in [-0.3, -0.25) is 0 Å². The van der Waals surface area contributed by atoms with Gasteiger partial charge in [0.15, 0.2) is 0 Å². The molecule has 2 aromatic carbocycles. The third-order valence-corrected chi connectivity index (χ3v) is 6.23. The molecule has 176 valence electrons. The van der Waals surface area contributed by atoms with E-state index in [0.717, 1.165) is 49.6 Å². The normalized spacial score (nSPS) is 18.2. The highest BCUT2D eigenvalue weighted by molar-refractivity contribution is 5.48. The highest BCUT2D eigenvalue weighted by Gasteiger charge is 2.28. The van der Waals surface area contributed by atoms with Crippen LogP contribution in [0.2, 0.25) is 0 Å². The molecule has 0 bridgehead atoms. The number of benzene rings is 2. The van der Waals surface area contributed by atoms with E-state index in [0.29, 0.717) is 37.6 Å². The van der Waals surface area contributed by atoms with Gasteiger partial charge >= 0.3 is 0 Å². The van der Waals surface area contributed by atoms with Crippen LogP contribution < -0.4 is 14.8 Å². The standard InChI is InChI=1S/C27H39NO4/c1-20(2)23-13-22(17-28-16-21-9-6-5-7-10-21)25-14-24(18-30-4)26(15-27(25)32-19-23)31-12-8-11-29-3/h5-7,9-10,14-15,20,22-23,28H,8,11-13,16-19H2,1-4H3/t22?,23-/m0/s1. The Kier molecular flexibility index (Phi) is 9.85. The molecule has 32 heavy (non-hydrogen) atoms. The lowest BCUT2D eigenvalue weighted by molar-refractivity contribution is 0.164. The lowest BCUT2D eigenvalue weighted by Gasteiger charge is -2.23. The third-order valence-electron chi connectivity index (χ3n) is 6.23. The van der Waals surface area contributed by atoms with E-state index in [1.807, 2.05) is 0 Å². The summed E-state index contributed by atoms with van der Waals surface area (Å²) in [5.74, 6) is 3.26. The van der Waals surface area contributed by atoms with Crippen molar-refractivity contribution < 1.29 is 18.9 Å². The molecule has 0 radical (unpaired) electrons. The minimum atomic E-state index is 0.377. The number of rotatable bonds is 12. The minimum Gasteiger partial charge on any atom is -0.493 e. The number of fused-ring (bicyclic) bond motifs is 1. The Balaban J connectivity index is 1.81. The van der Waals surface area contributed by atoms with E-state index in [1.54, 1.807) is 14.2 Å². The highest BCUT2D eigenvalue weighted by Crippen LogP contribution is 2.41. The van der Waals surface area contributed by atoms with Gasteiger partial charge in [-0.2, -0.15) is 0 Å². The molecule has 1 N–H and O–H groups in total. The van der Waals surface area contributed by atoms with Crippen LogP contribution in [-0.2, 0) is 22.6 Å². The first-order valence-electron chi connectivity index (χ1n) is 11.8. The number of hydrogen-bond acceptors (Lipinski definition) is 5. The van der Waals surface area contributed by atoms with Crippen molar-refractivity contribution in [3.63, 3.8) is 0 Å². The van der Waals surface area contributed by atoms with Gasteiger partial charge in [0.05, 0.1) is 19.8 Å². The second kappa shape index (κ2) is 12.8. The maximum Gasteiger partial charge on any atom is 0.128 e. The molecule has 1 aliphatic heterocycles. The highest BCUT2D eigenvalue weighted by atomic mass is 16.5. The van der Waals surface area contributed by atoms with Gasteiger partial charge in [0.2, 0.25) is 0 Å². The second-order valence-corrected chi connectivity index (χ2v) is 8.99. The molecule has 2 atom stereocenters. The van der Waals surface area contributed by atoms with Crippen molar-refractivity contribution in [2.24, 2.45) is 11.8 Å². The quantitative estimate of drug-likeness (QED) is 0.460. The van der Waals surface area contributed by atoms with Crippen molar-refractivity contribution in [2.45, 2.75) is 45.8 Å². The summed E-state index contributed by atoms with van der Waals surface area (Å²) in [6, 6.07) is 14.9. The van der Waals surface area contributed by atoms with Crippen molar-refractivity contribution in [3.8, 4) is 11.5 Å². The summed E-state index contributed by atoms with van der Waals surface area (Å²) in [4.78, 5) is 0. The van der Waals surface area contributed by atoms with E-state index >= 15 is 0 Å². The monoisotopic (exact) mass is 441 g/mol. The van der Waals surface area contributed by atoms with Gasteiger partial charge in [0.1, 0.15) is 11.5 Å². The van der Waals surface area contributed by atoms with Gasteiger partial charge in [-0.25, -0.2) is 0 Å². The first-order chi connectivity index (χ1) is 15.6. The third kappa shape index (κ3) is 6.96. The maximum absolute atomic E-state index is 6.35. The summed E-state index contributed by atoms with van der Waals surface area (Å²) in [6.45, 7) is 8.92. The molecule has 3 rings (SSSR count). The van der Waals surface area contributed by atoms with E-state index in [1.165, 1.54) is 11.1 Å². The number of ether oxygens (including phenoxy) is 4. The molecule has 1 aliphatic rings. The molecule has 5 nitrogen and oxygen atoms in total. The average Bonchev–Trinajstić information content (AvgIpc) is 2.97. The molecule has 1 heterocycles. The van der Waals surface area contributed by atoms with Crippen LogP contribution in [0.4, 0.5) is 0 Å². The fourth-order valence-corrected chi connectivity index (χ4v) is 4.26. The molecule has 0 fully saturated rings. The van der Waals surface area contributed by atoms with Gasteiger partial charge in [0.25, 0.3) is 0 Å². The van der Waals surface area contributed by atoms with Gasteiger partial charge in [0, 0.05) is 57.9 Å². The van der Waals surface area contributed by atoms with Crippen LogP contribution in [0.3, 0.4) is 0 Å². The number of nitrogens with one attached hydrogen (secondary N) is 1. The smallest absolute Gasteiger partial charge is 0.128 e. The van der Waals surface area contributed by atoms with Gasteiger partial charge in [-0.1, -0.05) is 44.2 Å². The van der Waals surface area contributed by atoms with Crippen LogP contribution in [0.1, 0.15) is 49.3 Å². The second-order valence-electron chi connectivity index (χ2n) is 8.99. The zero-order chi connectivity index (χ0) is 22.8. The van der Waals surface area contributed by atoms with Gasteiger partial charge in [-0.15, -0.1) is 0 Å². The fourth-order valence-electron chi connectivity index (χ4n) is 4.26. The van der Waals surface area contributed by atoms with Crippen molar-refractivity contribution in [2.75, 3.05) is 40.6 Å². The Morgan fingerprint density at radius 1 is 1.06 bits per heavy atom. The maximum atomic E-state index is 6.35. The van der Waals surface area contributed by atoms with Crippen molar-refractivity contribution in [3.05, 3.63) is 59.2 Å².